The molecule has 0 aliphatic rings. The van der Waals surface area contributed by atoms with Crippen molar-refractivity contribution in [1.29, 1.82) is 0 Å². The van der Waals surface area contributed by atoms with E-state index >= 15 is 0 Å². The summed E-state index contributed by atoms with van der Waals surface area (Å²) < 4.78 is 37.4. The molecule has 1 atom stereocenters. The fraction of sp³-hybridized carbons (Fsp3) is 0.316. The number of benzene rings is 2. The van der Waals surface area contributed by atoms with E-state index in [1.165, 1.54) is 19.2 Å². The van der Waals surface area contributed by atoms with Gasteiger partial charge in [0.25, 0.3) is 0 Å². The Balaban J connectivity index is 2.27. The van der Waals surface area contributed by atoms with Gasteiger partial charge in [0.2, 0.25) is 10.0 Å². The Kier molecular flexibility index (Phi) is 6.39. The highest BCUT2D eigenvalue weighted by molar-refractivity contribution is 7.89. The second kappa shape index (κ2) is 8.33. The van der Waals surface area contributed by atoms with Crippen molar-refractivity contribution in [2.24, 2.45) is 5.92 Å². The Hall–Kier alpha value is -2.38. The van der Waals surface area contributed by atoms with E-state index in [4.69, 9.17) is 4.74 Å². The molecule has 0 aromatic heterocycles. The molecule has 26 heavy (non-hydrogen) atoms. The van der Waals surface area contributed by atoms with Crippen LogP contribution in [-0.4, -0.2) is 34.6 Å². The lowest BCUT2D eigenvalue weighted by atomic mass is 10.1. The van der Waals surface area contributed by atoms with Gasteiger partial charge in [-0.3, -0.25) is 4.79 Å². The standard InChI is InChI=1S/C19H23NO5S/c1-13(2)18(19(21)25-4)20-26(22,23)17-10-8-14(9-11-17)15-6-5-7-16(12-15)24-3/h5-13,18,20H,1-4H3/t18-/m0/s1/i4-1. The molecule has 0 unspecified atom stereocenters. The van der Waals surface area contributed by atoms with E-state index in [-0.39, 0.29) is 10.8 Å². The van der Waals surface area contributed by atoms with Gasteiger partial charge in [0.05, 0.1) is 19.1 Å². The van der Waals surface area contributed by atoms with E-state index < -0.39 is 22.0 Å². The minimum atomic E-state index is -3.85. The largest absolute Gasteiger partial charge is 0.497 e. The molecule has 0 radical (unpaired) electrons. The van der Waals surface area contributed by atoms with Crippen molar-refractivity contribution in [3.05, 3.63) is 48.5 Å². The molecule has 2 aromatic rings. The second-order valence-corrected chi connectivity index (χ2v) is 7.84. The lowest BCUT2D eigenvalue weighted by molar-refractivity contribution is -0.143. The van der Waals surface area contributed by atoms with Gasteiger partial charge in [-0.05, 0) is 41.3 Å². The topological polar surface area (TPSA) is 81.7 Å². The van der Waals surface area contributed by atoms with Crippen LogP contribution in [0.1, 0.15) is 13.8 Å². The Morgan fingerprint density at radius 2 is 1.65 bits per heavy atom. The van der Waals surface area contributed by atoms with Crippen molar-refractivity contribution < 1.29 is 22.7 Å². The molecular formula is C19H23NO5S. The molecule has 7 heteroatoms. The molecule has 0 heterocycles. The van der Waals surface area contributed by atoms with Gasteiger partial charge in [0.15, 0.2) is 0 Å². The van der Waals surface area contributed by atoms with Crippen LogP contribution in [0.4, 0.5) is 0 Å². The zero-order chi connectivity index (χ0) is 19.3. The highest BCUT2D eigenvalue weighted by Gasteiger charge is 2.29. The zero-order valence-corrected chi connectivity index (χ0v) is 16.0. The highest BCUT2D eigenvalue weighted by Crippen LogP contribution is 2.25. The lowest BCUT2D eigenvalue weighted by Gasteiger charge is -2.19. The summed E-state index contributed by atoms with van der Waals surface area (Å²) in [5.74, 6) is -0.136. The number of hydrogen-bond acceptors (Lipinski definition) is 5. The number of esters is 1. The van der Waals surface area contributed by atoms with E-state index in [1.54, 1.807) is 33.1 Å². The number of carbonyl (C=O) groups excluding carboxylic acids is 1. The molecule has 0 spiro atoms. The SMILES string of the molecule is COc1cccc(-c2ccc(S(=O)(=O)N[C@H](C(=O)O[11CH3])C(C)C)cc2)c1. The van der Waals surface area contributed by atoms with Crippen molar-refractivity contribution in [2.45, 2.75) is 24.8 Å². The summed E-state index contributed by atoms with van der Waals surface area (Å²) in [7, 11) is -1.03. The average molecular weight is 376 g/mol. The van der Waals surface area contributed by atoms with Crippen LogP contribution in [-0.2, 0) is 19.6 Å². The number of ether oxygens (including phenoxy) is 2. The van der Waals surface area contributed by atoms with E-state index in [1.807, 2.05) is 24.3 Å². The third kappa shape index (κ3) is 4.62. The van der Waals surface area contributed by atoms with Crippen molar-refractivity contribution in [1.82, 2.24) is 4.72 Å². The van der Waals surface area contributed by atoms with E-state index in [2.05, 4.69) is 9.46 Å². The predicted molar refractivity (Wildman–Crippen MR) is 99.4 cm³/mol. The number of rotatable bonds is 7. The molecular weight excluding hydrogens is 353 g/mol. The van der Waals surface area contributed by atoms with Crippen LogP contribution in [0.15, 0.2) is 53.4 Å². The molecule has 0 amide bonds. The maximum atomic E-state index is 12.6. The van der Waals surface area contributed by atoms with Gasteiger partial charge in [-0.15, -0.1) is 0 Å². The van der Waals surface area contributed by atoms with Crippen LogP contribution in [0.3, 0.4) is 0 Å². The number of nitrogens with one attached hydrogen (secondary N) is 1. The first-order chi connectivity index (χ1) is 12.3. The third-order valence-electron chi connectivity index (χ3n) is 3.97. The van der Waals surface area contributed by atoms with Gasteiger partial charge in [-0.2, -0.15) is 4.72 Å². The van der Waals surface area contributed by atoms with Gasteiger partial charge in [-0.25, -0.2) is 8.42 Å². The number of hydrogen-bond donors (Lipinski definition) is 1. The quantitative estimate of drug-likeness (QED) is 0.752. The summed E-state index contributed by atoms with van der Waals surface area (Å²) >= 11 is 0. The maximum Gasteiger partial charge on any atom is 0.324 e. The summed E-state index contributed by atoms with van der Waals surface area (Å²) in [6, 6.07) is 13.0. The molecule has 1 N–H and O–H groups in total. The molecule has 2 aromatic carbocycles. The molecule has 0 aliphatic carbocycles. The maximum absolute atomic E-state index is 12.6. The van der Waals surface area contributed by atoms with Crippen LogP contribution in [0.25, 0.3) is 11.1 Å². The minimum absolute atomic E-state index is 0.0821. The van der Waals surface area contributed by atoms with Crippen LogP contribution in [0, 0.1) is 5.92 Å². The fourth-order valence-electron chi connectivity index (χ4n) is 2.45. The minimum Gasteiger partial charge on any atom is -0.497 e. The van der Waals surface area contributed by atoms with Crippen molar-refractivity contribution in [2.75, 3.05) is 14.2 Å². The van der Waals surface area contributed by atoms with Gasteiger partial charge < -0.3 is 9.47 Å². The van der Waals surface area contributed by atoms with Crippen LogP contribution in [0.2, 0.25) is 0 Å². The lowest BCUT2D eigenvalue weighted by Crippen LogP contribution is -2.44. The Morgan fingerprint density at radius 1 is 1.00 bits per heavy atom. The van der Waals surface area contributed by atoms with E-state index in [0.29, 0.717) is 0 Å². The number of sulfonamides is 1. The van der Waals surface area contributed by atoms with Crippen LogP contribution >= 0.6 is 0 Å². The highest BCUT2D eigenvalue weighted by atomic mass is 32.2. The van der Waals surface area contributed by atoms with Gasteiger partial charge >= 0.3 is 5.97 Å². The average Bonchev–Trinajstić information content (AvgIpc) is 2.65. The molecule has 0 bridgehead atoms. The van der Waals surface area contributed by atoms with Gasteiger partial charge in [0, 0.05) is 0 Å². The first-order valence-corrected chi connectivity index (χ1v) is 9.61. The zero-order valence-electron chi connectivity index (χ0n) is 15.2. The number of methoxy groups -OCH3 is 2. The summed E-state index contributed by atoms with van der Waals surface area (Å²) in [4.78, 5) is 11.9. The summed E-state index contributed by atoms with van der Waals surface area (Å²) in [5, 5.41) is 0. The van der Waals surface area contributed by atoms with E-state index in [9.17, 15) is 13.2 Å². The molecule has 2 rings (SSSR count). The molecule has 0 fully saturated rings. The first-order valence-electron chi connectivity index (χ1n) is 8.13. The molecule has 6 nitrogen and oxygen atoms in total. The van der Waals surface area contributed by atoms with Gasteiger partial charge in [-0.1, -0.05) is 38.1 Å². The first kappa shape index (κ1) is 19.9. The molecule has 0 aliphatic heterocycles. The van der Waals surface area contributed by atoms with Crippen molar-refractivity contribution in [3.63, 3.8) is 0 Å². The van der Waals surface area contributed by atoms with Crippen molar-refractivity contribution >= 4 is 16.0 Å². The van der Waals surface area contributed by atoms with Crippen molar-refractivity contribution in [3.8, 4) is 16.9 Å². The summed E-state index contributed by atoms with van der Waals surface area (Å²) in [6.45, 7) is 3.49. The molecule has 0 saturated heterocycles. The molecule has 0 saturated carbocycles. The number of carbonyl (C=O) groups is 1. The Bertz CT molecular complexity index is 860. The summed E-state index contributed by atoms with van der Waals surface area (Å²) in [5.41, 5.74) is 1.77. The monoisotopic (exact) mass is 376 g/mol. The van der Waals surface area contributed by atoms with E-state index in [0.717, 1.165) is 16.9 Å². The second-order valence-electron chi connectivity index (χ2n) is 6.12. The van der Waals surface area contributed by atoms with Gasteiger partial charge in [0.1, 0.15) is 11.8 Å². The molecule has 140 valence electrons. The summed E-state index contributed by atoms with van der Waals surface area (Å²) in [6.07, 6.45) is 0. The predicted octanol–water partition coefficient (Wildman–Crippen LogP) is 2.84. The Labute approximate surface area is 154 Å². The van der Waals surface area contributed by atoms with Crippen LogP contribution < -0.4 is 9.46 Å². The third-order valence-corrected chi connectivity index (χ3v) is 5.43. The normalized spacial score (nSPS) is 12.7. The fourth-order valence-corrected chi connectivity index (χ4v) is 3.78. The smallest absolute Gasteiger partial charge is 0.324 e. The Morgan fingerprint density at radius 3 is 2.19 bits per heavy atom. The van der Waals surface area contributed by atoms with Crippen LogP contribution in [0.5, 0.6) is 5.75 Å².